The predicted molar refractivity (Wildman–Crippen MR) is 72.0 cm³/mol. The van der Waals surface area contributed by atoms with E-state index in [0.29, 0.717) is 24.8 Å². The lowest BCUT2D eigenvalue weighted by molar-refractivity contribution is 0.293. The second-order valence-electron chi connectivity index (χ2n) is 5.11. The first-order valence-corrected chi connectivity index (χ1v) is 7.90. The third-order valence-corrected chi connectivity index (χ3v) is 5.60. The highest BCUT2D eigenvalue weighted by Crippen LogP contribution is 2.30. The molecule has 2 rings (SSSR count). The molecule has 17 heavy (non-hydrogen) atoms. The molecule has 0 aromatic carbocycles. The van der Waals surface area contributed by atoms with Gasteiger partial charge in [-0.25, -0.2) is 8.42 Å². The van der Waals surface area contributed by atoms with Gasteiger partial charge >= 0.3 is 0 Å². The minimum atomic E-state index is -2.99. The molecule has 1 aliphatic carbocycles. The molecule has 1 saturated carbocycles. The van der Waals surface area contributed by atoms with Gasteiger partial charge in [-0.05, 0) is 19.3 Å². The van der Waals surface area contributed by atoms with E-state index in [1.807, 2.05) is 6.92 Å². The fourth-order valence-electron chi connectivity index (χ4n) is 2.38. The van der Waals surface area contributed by atoms with Crippen LogP contribution in [0.1, 0.15) is 32.6 Å². The van der Waals surface area contributed by atoms with Crippen LogP contribution in [0, 0.1) is 5.92 Å². The van der Waals surface area contributed by atoms with Crippen molar-refractivity contribution in [3.05, 3.63) is 0 Å². The third-order valence-electron chi connectivity index (χ3n) is 3.73. The quantitative estimate of drug-likeness (QED) is 0.844. The van der Waals surface area contributed by atoms with E-state index in [1.165, 1.54) is 19.3 Å². The van der Waals surface area contributed by atoms with Crippen molar-refractivity contribution >= 4 is 22.4 Å². The van der Waals surface area contributed by atoms with Crippen molar-refractivity contribution in [2.45, 2.75) is 38.6 Å². The van der Waals surface area contributed by atoms with Gasteiger partial charge in [0.2, 0.25) is 10.0 Å². The first-order chi connectivity index (χ1) is 7.58. The summed E-state index contributed by atoms with van der Waals surface area (Å²) in [6.07, 6.45) is 4.61. The van der Waals surface area contributed by atoms with Crippen LogP contribution in [-0.2, 0) is 10.0 Å². The zero-order chi connectivity index (χ0) is 11.6. The SMILES string of the molecule is CC1CN(S(=O)(=O)CCC2CCC2)CCN1.Cl. The second kappa shape index (κ2) is 6.36. The van der Waals surface area contributed by atoms with Crippen LogP contribution in [0.2, 0.25) is 0 Å². The maximum Gasteiger partial charge on any atom is 0.214 e. The average molecular weight is 283 g/mol. The van der Waals surface area contributed by atoms with Crippen LogP contribution in [-0.4, -0.2) is 44.2 Å². The number of sulfonamides is 1. The van der Waals surface area contributed by atoms with Crippen molar-refractivity contribution in [3.63, 3.8) is 0 Å². The number of hydrogen-bond acceptors (Lipinski definition) is 3. The van der Waals surface area contributed by atoms with E-state index in [0.717, 1.165) is 13.0 Å². The van der Waals surface area contributed by atoms with Crippen molar-refractivity contribution in [2.75, 3.05) is 25.4 Å². The van der Waals surface area contributed by atoms with Crippen LogP contribution in [0.5, 0.6) is 0 Å². The number of halogens is 1. The lowest BCUT2D eigenvalue weighted by atomic mass is 9.84. The number of nitrogens with one attached hydrogen (secondary N) is 1. The Kier molecular flexibility index (Phi) is 5.70. The average Bonchev–Trinajstić information content (AvgIpc) is 2.15. The maximum absolute atomic E-state index is 12.1. The van der Waals surface area contributed by atoms with Gasteiger partial charge in [0, 0.05) is 25.7 Å². The van der Waals surface area contributed by atoms with Crippen molar-refractivity contribution < 1.29 is 8.42 Å². The summed E-state index contributed by atoms with van der Waals surface area (Å²) in [6.45, 7) is 4.09. The van der Waals surface area contributed by atoms with Gasteiger partial charge in [0.1, 0.15) is 0 Å². The van der Waals surface area contributed by atoms with Crippen LogP contribution in [0.3, 0.4) is 0 Å². The Bertz CT molecular complexity index is 330. The minimum Gasteiger partial charge on any atom is -0.312 e. The fourth-order valence-corrected chi connectivity index (χ4v) is 4.09. The van der Waals surface area contributed by atoms with Crippen LogP contribution >= 0.6 is 12.4 Å². The van der Waals surface area contributed by atoms with Crippen molar-refractivity contribution in [3.8, 4) is 0 Å². The Hall–Kier alpha value is 0.160. The molecule has 1 aliphatic heterocycles. The molecule has 2 aliphatic rings. The molecule has 0 aromatic heterocycles. The van der Waals surface area contributed by atoms with Gasteiger partial charge in [-0.1, -0.05) is 19.3 Å². The molecule has 1 unspecified atom stereocenters. The van der Waals surface area contributed by atoms with E-state index in [1.54, 1.807) is 4.31 Å². The molecular formula is C11H23ClN2O2S. The van der Waals surface area contributed by atoms with Gasteiger partial charge in [0.25, 0.3) is 0 Å². The molecule has 0 spiro atoms. The van der Waals surface area contributed by atoms with Crippen LogP contribution in [0.15, 0.2) is 0 Å². The standard InChI is InChI=1S/C11H22N2O2S.ClH/c1-10-9-13(7-6-12-10)16(14,15)8-5-11-3-2-4-11;/h10-12H,2-9H2,1H3;1H. The monoisotopic (exact) mass is 282 g/mol. The number of hydrogen-bond donors (Lipinski definition) is 1. The summed E-state index contributed by atoms with van der Waals surface area (Å²) in [7, 11) is -2.99. The molecule has 1 N–H and O–H groups in total. The number of nitrogens with zero attached hydrogens (tertiary/aromatic N) is 1. The van der Waals surface area contributed by atoms with Gasteiger partial charge in [-0.15, -0.1) is 12.4 Å². The summed E-state index contributed by atoms with van der Waals surface area (Å²) in [5.74, 6) is 1.03. The molecule has 102 valence electrons. The first-order valence-electron chi connectivity index (χ1n) is 6.29. The predicted octanol–water partition coefficient (Wildman–Crippen LogP) is 1.22. The Balaban J connectivity index is 0.00000144. The Morgan fingerprint density at radius 1 is 1.35 bits per heavy atom. The molecule has 4 nitrogen and oxygen atoms in total. The summed E-state index contributed by atoms with van der Waals surface area (Å²) < 4.78 is 25.8. The van der Waals surface area contributed by atoms with Crippen LogP contribution in [0.25, 0.3) is 0 Å². The van der Waals surface area contributed by atoms with E-state index in [9.17, 15) is 8.42 Å². The molecule has 0 radical (unpaired) electrons. The minimum absolute atomic E-state index is 0. The van der Waals surface area contributed by atoms with Crippen molar-refractivity contribution in [2.24, 2.45) is 5.92 Å². The highest BCUT2D eigenvalue weighted by Gasteiger charge is 2.28. The zero-order valence-electron chi connectivity index (χ0n) is 10.4. The van der Waals surface area contributed by atoms with Gasteiger partial charge < -0.3 is 5.32 Å². The summed E-state index contributed by atoms with van der Waals surface area (Å²) in [5, 5.41) is 3.27. The largest absolute Gasteiger partial charge is 0.312 e. The topological polar surface area (TPSA) is 49.4 Å². The Morgan fingerprint density at radius 2 is 2.06 bits per heavy atom. The third kappa shape index (κ3) is 4.09. The Labute approximate surface area is 111 Å². The summed E-state index contributed by atoms with van der Waals surface area (Å²) >= 11 is 0. The molecule has 6 heteroatoms. The molecule has 0 amide bonds. The summed E-state index contributed by atoms with van der Waals surface area (Å²) in [5.41, 5.74) is 0. The fraction of sp³-hybridized carbons (Fsp3) is 1.00. The van der Waals surface area contributed by atoms with Crippen molar-refractivity contribution in [1.82, 2.24) is 9.62 Å². The molecule has 0 bridgehead atoms. The van der Waals surface area contributed by atoms with E-state index in [4.69, 9.17) is 0 Å². The van der Waals surface area contributed by atoms with Crippen molar-refractivity contribution in [1.29, 1.82) is 0 Å². The molecular weight excluding hydrogens is 260 g/mol. The van der Waals surface area contributed by atoms with Gasteiger partial charge in [0.15, 0.2) is 0 Å². The second-order valence-corrected chi connectivity index (χ2v) is 7.20. The highest BCUT2D eigenvalue weighted by atomic mass is 35.5. The maximum atomic E-state index is 12.1. The zero-order valence-corrected chi connectivity index (χ0v) is 12.0. The Morgan fingerprint density at radius 3 is 2.59 bits per heavy atom. The summed E-state index contributed by atoms with van der Waals surface area (Å²) in [4.78, 5) is 0. The van der Waals surface area contributed by atoms with Crippen LogP contribution in [0.4, 0.5) is 0 Å². The lowest BCUT2D eigenvalue weighted by Gasteiger charge is -2.32. The van der Waals surface area contributed by atoms with Crippen LogP contribution < -0.4 is 5.32 Å². The molecule has 2 fully saturated rings. The van der Waals surface area contributed by atoms with E-state index in [-0.39, 0.29) is 18.4 Å². The smallest absolute Gasteiger partial charge is 0.214 e. The normalized spacial score (nSPS) is 27.2. The van der Waals surface area contributed by atoms with Gasteiger partial charge in [-0.2, -0.15) is 4.31 Å². The molecule has 1 heterocycles. The van der Waals surface area contributed by atoms with E-state index < -0.39 is 10.0 Å². The molecule has 1 atom stereocenters. The number of rotatable bonds is 4. The molecule has 0 aromatic rings. The van der Waals surface area contributed by atoms with E-state index in [2.05, 4.69) is 5.32 Å². The highest BCUT2D eigenvalue weighted by molar-refractivity contribution is 7.89. The lowest BCUT2D eigenvalue weighted by Crippen LogP contribution is -2.51. The van der Waals surface area contributed by atoms with Gasteiger partial charge in [-0.3, -0.25) is 0 Å². The summed E-state index contributed by atoms with van der Waals surface area (Å²) in [6, 6.07) is 0.284. The molecule has 1 saturated heterocycles. The number of piperazine rings is 1. The van der Waals surface area contributed by atoms with E-state index >= 15 is 0 Å². The first kappa shape index (κ1) is 15.2. The van der Waals surface area contributed by atoms with Gasteiger partial charge in [0.05, 0.1) is 5.75 Å².